The Balaban J connectivity index is 2.68. The van der Waals surface area contributed by atoms with Crippen molar-refractivity contribution < 1.29 is 18.7 Å². The molecule has 0 saturated carbocycles. The number of ether oxygens (including phenoxy) is 2. The molecule has 15 heavy (non-hydrogen) atoms. The summed E-state index contributed by atoms with van der Waals surface area (Å²) in [5, 5.41) is 0. The number of esters is 1. The van der Waals surface area contributed by atoms with Gasteiger partial charge in [0.15, 0.2) is 6.79 Å². The molecule has 0 aliphatic carbocycles. The molecule has 0 heterocycles. The van der Waals surface area contributed by atoms with Crippen LogP contribution in [0.4, 0.5) is 10.1 Å². The number of benzene rings is 1. The van der Waals surface area contributed by atoms with E-state index in [1.165, 1.54) is 12.1 Å². The molecule has 1 rings (SSSR count). The Kier molecular flexibility index (Phi) is 4.05. The molecule has 0 radical (unpaired) electrons. The lowest BCUT2D eigenvalue weighted by Gasteiger charge is -2.06. The predicted molar refractivity (Wildman–Crippen MR) is 52.7 cm³/mol. The van der Waals surface area contributed by atoms with Gasteiger partial charge in [-0.3, -0.25) is 0 Å². The molecule has 2 N–H and O–H groups in total. The zero-order chi connectivity index (χ0) is 11.3. The molecule has 5 heteroatoms. The van der Waals surface area contributed by atoms with Crippen molar-refractivity contribution in [3.63, 3.8) is 0 Å². The second-order valence-electron chi connectivity index (χ2n) is 2.77. The highest BCUT2D eigenvalue weighted by atomic mass is 19.1. The molecule has 0 unspecified atom stereocenters. The fraction of sp³-hybridized carbons (Fsp3) is 0.300. The standard InChI is InChI=1S/C10H12FNO3/c1-2-14-6-15-10(13)8-5-7(11)3-4-9(8)12/h3-5H,2,6,12H2,1H3. The van der Waals surface area contributed by atoms with E-state index in [0.29, 0.717) is 6.61 Å². The summed E-state index contributed by atoms with van der Waals surface area (Å²) in [5.41, 5.74) is 5.67. The minimum absolute atomic E-state index is 0.00898. The van der Waals surface area contributed by atoms with Crippen LogP contribution in [-0.2, 0) is 9.47 Å². The average Bonchev–Trinajstić information content (AvgIpc) is 2.22. The van der Waals surface area contributed by atoms with Crippen LogP contribution in [0.5, 0.6) is 0 Å². The molecule has 1 aromatic rings. The van der Waals surface area contributed by atoms with Crippen LogP contribution >= 0.6 is 0 Å². The maximum atomic E-state index is 12.8. The van der Waals surface area contributed by atoms with Gasteiger partial charge >= 0.3 is 5.97 Å². The van der Waals surface area contributed by atoms with E-state index in [2.05, 4.69) is 0 Å². The van der Waals surface area contributed by atoms with Crippen LogP contribution in [-0.4, -0.2) is 19.4 Å². The lowest BCUT2D eigenvalue weighted by Crippen LogP contribution is -2.11. The monoisotopic (exact) mass is 213 g/mol. The van der Waals surface area contributed by atoms with Crippen LogP contribution in [0.2, 0.25) is 0 Å². The highest BCUT2D eigenvalue weighted by Crippen LogP contribution is 2.14. The average molecular weight is 213 g/mol. The van der Waals surface area contributed by atoms with E-state index < -0.39 is 11.8 Å². The van der Waals surface area contributed by atoms with Crippen molar-refractivity contribution in [2.75, 3.05) is 19.1 Å². The van der Waals surface area contributed by atoms with Gasteiger partial charge in [-0.1, -0.05) is 0 Å². The van der Waals surface area contributed by atoms with Crippen LogP contribution in [0.3, 0.4) is 0 Å². The van der Waals surface area contributed by atoms with E-state index in [0.717, 1.165) is 6.07 Å². The van der Waals surface area contributed by atoms with Gasteiger partial charge in [0.2, 0.25) is 0 Å². The van der Waals surface area contributed by atoms with Crippen molar-refractivity contribution in [3.8, 4) is 0 Å². The van der Waals surface area contributed by atoms with Crippen LogP contribution in [0.15, 0.2) is 18.2 Å². The largest absolute Gasteiger partial charge is 0.435 e. The number of halogens is 1. The summed E-state index contributed by atoms with van der Waals surface area (Å²) in [6.07, 6.45) is 0. The Morgan fingerprint density at radius 2 is 2.27 bits per heavy atom. The summed E-state index contributed by atoms with van der Waals surface area (Å²) in [6, 6.07) is 3.52. The van der Waals surface area contributed by atoms with E-state index in [9.17, 15) is 9.18 Å². The van der Waals surface area contributed by atoms with Crippen molar-refractivity contribution in [3.05, 3.63) is 29.6 Å². The first-order chi connectivity index (χ1) is 7.15. The summed E-state index contributed by atoms with van der Waals surface area (Å²) >= 11 is 0. The number of nitrogens with two attached hydrogens (primary N) is 1. The fourth-order valence-electron chi connectivity index (χ4n) is 0.962. The SMILES string of the molecule is CCOCOC(=O)c1cc(F)ccc1N. The van der Waals surface area contributed by atoms with Crippen LogP contribution in [0, 0.1) is 5.82 Å². The molecule has 0 amide bonds. The number of nitrogen functional groups attached to an aromatic ring is 1. The van der Waals surface area contributed by atoms with Crippen molar-refractivity contribution in [2.45, 2.75) is 6.92 Å². The lowest BCUT2D eigenvalue weighted by atomic mass is 10.2. The molecule has 0 aliphatic rings. The zero-order valence-electron chi connectivity index (χ0n) is 8.33. The molecular formula is C10H12FNO3. The Morgan fingerprint density at radius 1 is 1.53 bits per heavy atom. The minimum atomic E-state index is -0.694. The quantitative estimate of drug-likeness (QED) is 0.357. The third-order valence-corrected chi connectivity index (χ3v) is 1.71. The molecule has 0 saturated heterocycles. The summed E-state index contributed by atoms with van der Waals surface area (Å²) < 4.78 is 22.3. The van der Waals surface area contributed by atoms with Crippen molar-refractivity contribution in [1.29, 1.82) is 0 Å². The first-order valence-corrected chi connectivity index (χ1v) is 4.45. The van der Waals surface area contributed by atoms with Crippen molar-refractivity contribution in [1.82, 2.24) is 0 Å². The number of anilines is 1. The molecule has 1 aromatic carbocycles. The summed E-state index contributed by atoms with van der Waals surface area (Å²) in [6.45, 7) is 2.04. The van der Waals surface area contributed by atoms with Gasteiger partial charge in [-0.05, 0) is 25.1 Å². The number of hydrogen-bond acceptors (Lipinski definition) is 4. The molecule has 0 aromatic heterocycles. The molecule has 0 atom stereocenters. The van der Waals surface area contributed by atoms with E-state index in [1.54, 1.807) is 6.92 Å². The number of hydrogen-bond donors (Lipinski definition) is 1. The van der Waals surface area contributed by atoms with Gasteiger partial charge in [0, 0.05) is 12.3 Å². The molecule has 0 spiro atoms. The van der Waals surface area contributed by atoms with E-state index in [1.807, 2.05) is 0 Å². The molecule has 0 aliphatic heterocycles. The smallest absolute Gasteiger partial charge is 0.342 e. The van der Waals surface area contributed by atoms with Crippen LogP contribution in [0.25, 0.3) is 0 Å². The Morgan fingerprint density at radius 3 is 2.93 bits per heavy atom. The predicted octanol–water partition coefficient (Wildman–Crippen LogP) is 1.56. The first-order valence-electron chi connectivity index (χ1n) is 4.45. The molecule has 82 valence electrons. The molecule has 4 nitrogen and oxygen atoms in total. The highest BCUT2D eigenvalue weighted by Gasteiger charge is 2.11. The normalized spacial score (nSPS) is 10.0. The van der Waals surface area contributed by atoms with Gasteiger partial charge in [0.25, 0.3) is 0 Å². The molecule has 0 bridgehead atoms. The Labute approximate surface area is 86.8 Å². The third-order valence-electron chi connectivity index (χ3n) is 1.71. The van der Waals surface area contributed by atoms with E-state index >= 15 is 0 Å². The number of rotatable bonds is 4. The first kappa shape index (κ1) is 11.5. The van der Waals surface area contributed by atoms with E-state index in [4.69, 9.17) is 15.2 Å². The maximum absolute atomic E-state index is 12.8. The van der Waals surface area contributed by atoms with Gasteiger partial charge < -0.3 is 15.2 Å². The lowest BCUT2D eigenvalue weighted by molar-refractivity contribution is -0.0274. The fourth-order valence-corrected chi connectivity index (χ4v) is 0.962. The minimum Gasteiger partial charge on any atom is -0.435 e. The van der Waals surface area contributed by atoms with Gasteiger partial charge in [0.05, 0.1) is 5.56 Å². The second-order valence-corrected chi connectivity index (χ2v) is 2.77. The van der Waals surface area contributed by atoms with Gasteiger partial charge in [-0.25, -0.2) is 9.18 Å². The summed E-state index contributed by atoms with van der Waals surface area (Å²) in [7, 11) is 0. The number of carbonyl (C=O) groups excluding carboxylic acids is 1. The van der Waals surface area contributed by atoms with Crippen molar-refractivity contribution >= 4 is 11.7 Å². The number of carbonyl (C=O) groups is 1. The van der Waals surface area contributed by atoms with Gasteiger partial charge in [-0.2, -0.15) is 0 Å². The maximum Gasteiger partial charge on any atom is 0.342 e. The van der Waals surface area contributed by atoms with Gasteiger partial charge in [0.1, 0.15) is 5.82 Å². The topological polar surface area (TPSA) is 61.5 Å². The molecular weight excluding hydrogens is 201 g/mol. The molecule has 0 fully saturated rings. The van der Waals surface area contributed by atoms with Gasteiger partial charge in [-0.15, -0.1) is 0 Å². The zero-order valence-corrected chi connectivity index (χ0v) is 8.33. The van der Waals surface area contributed by atoms with Crippen molar-refractivity contribution in [2.24, 2.45) is 0 Å². The van der Waals surface area contributed by atoms with Crippen LogP contribution in [0.1, 0.15) is 17.3 Å². The van der Waals surface area contributed by atoms with E-state index in [-0.39, 0.29) is 18.0 Å². The summed E-state index contributed by atoms with van der Waals surface area (Å²) in [4.78, 5) is 11.3. The Hall–Kier alpha value is -1.62. The third kappa shape index (κ3) is 3.21. The van der Waals surface area contributed by atoms with Crippen LogP contribution < -0.4 is 5.73 Å². The summed E-state index contributed by atoms with van der Waals surface area (Å²) in [5.74, 6) is -1.23. The second kappa shape index (κ2) is 5.31. The Bertz CT molecular complexity index is 355. The highest BCUT2D eigenvalue weighted by molar-refractivity contribution is 5.94.